The van der Waals surface area contributed by atoms with E-state index in [9.17, 15) is 31.1 Å². The summed E-state index contributed by atoms with van der Waals surface area (Å²) in [6, 6.07) is 1.58. The molecule has 6 nitrogen and oxygen atoms in total. The molecule has 2 aromatic rings. The van der Waals surface area contributed by atoms with Crippen LogP contribution in [0.1, 0.15) is 35.0 Å². The Morgan fingerprint density at radius 1 is 1.28 bits per heavy atom. The Balaban J connectivity index is 1.99. The van der Waals surface area contributed by atoms with E-state index in [4.69, 9.17) is 12.3 Å². The Kier molecular flexibility index (Phi) is 5.86. The molecular formula is C20H14F6N4O2. The predicted octanol–water partition coefficient (Wildman–Crippen LogP) is 4.36. The maximum Gasteiger partial charge on any atom is 0.425 e. The number of amidine groups is 1. The average molecular weight is 456 g/mol. The van der Waals surface area contributed by atoms with Crippen LogP contribution in [0.5, 0.6) is 0 Å². The van der Waals surface area contributed by atoms with Crippen molar-refractivity contribution in [3.63, 3.8) is 0 Å². The van der Waals surface area contributed by atoms with Crippen molar-refractivity contribution in [2.45, 2.75) is 37.6 Å². The van der Waals surface area contributed by atoms with Gasteiger partial charge in [-0.15, -0.1) is 0 Å². The van der Waals surface area contributed by atoms with Gasteiger partial charge in [-0.05, 0) is 30.7 Å². The largest absolute Gasteiger partial charge is 0.452 e. The van der Waals surface area contributed by atoms with Crippen LogP contribution in [0.4, 0.5) is 32.0 Å². The van der Waals surface area contributed by atoms with Gasteiger partial charge in [0.25, 0.3) is 6.02 Å². The molecule has 0 fully saturated rings. The topological polar surface area (TPSA) is 81.9 Å². The third-order valence-electron chi connectivity index (χ3n) is 4.82. The van der Waals surface area contributed by atoms with Crippen molar-refractivity contribution in [1.29, 1.82) is 0 Å². The van der Waals surface area contributed by atoms with Crippen molar-refractivity contribution in [2.75, 3.05) is 0 Å². The van der Waals surface area contributed by atoms with E-state index in [1.165, 1.54) is 0 Å². The number of aliphatic imine (C=N–C) groups is 1. The van der Waals surface area contributed by atoms with Crippen LogP contribution in [0, 0.1) is 24.0 Å². The van der Waals surface area contributed by atoms with E-state index in [0.717, 1.165) is 25.3 Å². The number of pyridine rings is 1. The van der Waals surface area contributed by atoms with Gasteiger partial charge < -0.3 is 10.5 Å². The average Bonchev–Trinajstić information content (AvgIpc) is 2.68. The first-order valence-corrected chi connectivity index (χ1v) is 8.97. The molecule has 2 N–H and O–H groups in total. The van der Waals surface area contributed by atoms with Gasteiger partial charge >= 0.3 is 6.18 Å². The maximum absolute atomic E-state index is 14.6. The Hall–Kier alpha value is -3.62. The molecule has 0 aliphatic carbocycles. The fourth-order valence-corrected chi connectivity index (χ4v) is 3.32. The third kappa shape index (κ3) is 4.51. The summed E-state index contributed by atoms with van der Waals surface area (Å²) in [6.07, 6.45) is -7.81. The van der Waals surface area contributed by atoms with Gasteiger partial charge in [-0.25, -0.2) is 23.0 Å². The molecule has 0 spiro atoms. The molecule has 3 rings (SSSR count). The van der Waals surface area contributed by atoms with E-state index in [-0.39, 0.29) is 11.3 Å². The van der Waals surface area contributed by atoms with Crippen LogP contribution in [0.25, 0.3) is 4.85 Å². The minimum absolute atomic E-state index is 0.142. The summed E-state index contributed by atoms with van der Waals surface area (Å²) in [5, 5.41) is 0. The number of carbonyl (C=O) groups excluding carboxylic acids is 1. The van der Waals surface area contributed by atoms with Crippen LogP contribution in [-0.4, -0.2) is 29.1 Å². The second-order valence-corrected chi connectivity index (χ2v) is 7.25. The number of ketones is 1. The number of Topliss-reactive ketones (excluding diaryl/α,β-unsaturated/α-hetero) is 1. The van der Waals surface area contributed by atoms with Crippen LogP contribution in [0.15, 0.2) is 29.4 Å². The number of halogens is 6. The molecule has 2 atom stereocenters. The van der Waals surface area contributed by atoms with Crippen molar-refractivity contribution in [1.82, 2.24) is 4.98 Å². The quantitative estimate of drug-likeness (QED) is 0.421. The Morgan fingerprint density at radius 3 is 2.56 bits per heavy atom. The van der Waals surface area contributed by atoms with E-state index in [1.54, 1.807) is 0 Å². The van der Waals surface area contributed by atoms with Gasteiger partial charge in [0.1, 0.15) is 11.5 Å². The van der Waals surface area contributed by atoms with Crippen molar-refractivity contribution in [3.8, 4) is 0 Å². The highest BCUT2D eigenvalue weighted by Crippen LogP contribution is 2.41. The van der Waals surface area contributed by atoms with E-state index in [1.807, 2.05) is 0 Å². The number of hydrogen-bond acceptors (Lipinski definition) is 5. The first-order chi connectivity index (χ1) is 14.8. The van der Waals surface area contributed by atoms with Crippen molar-refractivity contribution < 1.29 is 35.9 Å². The lowest BCUT2D eigenvalue weighted by Gasteiger charge is -2.36. The summed E-state index contributed by atoms with van der Waals surface area (Å²) in [5.74, 6) is -4.89. The molecule has 168 valence electrons. The number of aromatic nitrogens is 1. The number of benzene rings is 1. The standard InChI is InChI=1S/C20H14F6N4O2/c1-19(7-15(20(24,25)26)32-18(27)30-19)11-3-9(4-12(21)16(11)23)5-14(31)17-13(22)6-10(28-2)8-29-17/h3-4,6,8,15H,5,7H2,1H3,(H2,27,30)/t15-,19-/m0/s1. The van der Waals surface area contributed by atoms with Crippen molar-refractivity contribution in [3.05, 3.63) is 70.1 Å². The second-order valence-electron chi connectivity index (χ2n) is 7.25. The number of hydrogen-bond donors (Lipinski definition) is 1. The molecule has 32 heavy (non-hydrogen) atoms. The molecular weight excluding hydrogens is 442 g/mol. The van der Waals surface area contributed by atoms with Crippen LogP contribution in [-0.2, 0) is 16.7 Å². The van der Waals surface area contributed by atoms with Gasteiger partial charge in [-0.1, -0.05) is 0 Å². The first kappa shape index (κ1) is 23.1. The highest BCUT2D eigenvalue weighted by molar-refractivity contribution is 5.96. The zero-order valence-electron chi connectivity index (χ0n) is 16.3. The number of carbonyl (C=O) groups is 1. The van der Waals surface area contributed by atoms with Crippen molar-refractivity contribution >= 4 is 17.5 Å². The van der Waals surface area contributed by atoms with Gasteiger partial charge in [0.15, 0.2) is 23.5 Å². The fourth-order valence-electron chi connectivity index (χ4n) is 3.32. The van der Waals surface area contributed by atoms with Crippen LogP contribution in [0.3, 0.4) is 0 Å². The third-order valence-corrected chi connectivity index (χ3v) is 4.82. The summed E-state index contributed by atoms with van der Waals surface area (Å²) < 4.78 is 86.9. The fraction of sp³-hybridized carbons (Fsp3) is 0.300. The Morgan fingerprint density at radius 2 is 1.97 bits per heavy atom. The minimum atomic E-state index is -4.84. The Labute approximate surface area is 177 Å². The lowest BCUT2D eigenvalue weighted by Crippen LogP contribution is -2.46. The normalized spacial score (nSPS) is 20.8. The first-order valence-electron chi connectivity index (χ1n) is 8.97. The molecule has 1 aliphatic heterocycles. The lowest BCUT2D eigenvalue weighted by molar-refractivity contribution is -0.208. The molecule has 2 heterocycles. The van der Waals surface area contributed by atoms with Crippen molar-refractivity contribution in [2.24, 2.45) is 10.7 Å². The number of ether oxygens (including phenoxy) is 1. The number of nitrogens with zero attached hydrogens (tertiary/aromatic N) is 3. The summed E-state index contributed by atoms with van der Waals surface area (Å²) in [5.41, 5.74) is 1.91. The highest BCUT2D eigenvalue weighted by atomic mass is 19.4. The SMILES string of the molecule is [C-]#[N+]c1cnc(C(=O)Cc2cc(F)c(F)c([C@]3(C)C[C@@H](C(F)(F)F)OC(N)=N3)c2)c(F)c1. The molecule has 1 aliphatic rings. The van der Waals surface area contributed by atoms with E-state index in [2.05, 4.69) is 19.6 Å². The van der Waals surface area contributed by atoms with E-state index >= 15 is 0 Å². The predicted molar refractivity (Wildman–Crippen MR) is 99.4 cm³/mol. The number of alkyl halides is 3. The molecule has 1 aromatic heterocycles. The minimum Gasteiger partial charge on any atom is -0.452 e. The Bertz CT molecular complexity index is 1160. The molecule has 0 bridgehead atoms. The van der Waals surface area contributed by atoms with Crippen LogP contribution >= 0.6 is 0 Å². The molecule has 12 heteroatoms. The number of rotatable bonds is 4. The summed E-state index contributed by atoms with van der Waals surface area (Å²) >= 11 is 0. The smallest absolute Gasteiger partial charge is 0.425 e. The van der Waals surface area contributed by atoms with Crippen LogP contribution < -0.4 is 5.73 Å². The maximum atomic E-state index is 14.6. The molecule has 0 saturated heterocycles. The van der Waals surface area contributed by atoms with Gasteiger partial charge in [0.2, 0.25) is 5.69 Å². The second kappa shape index (κ2) is 8.14. The highest BCUT2D eigenvalue weighted by Gasteiger charge is 2.50. The zero-order valence-corrected chi connectivity index (χ0v) is 16.3. The summed E-state index contributed by atoms with van der Waals surface area (Å²) in [4.78, 5) is 22.7. The molecule has 0 radical (unpaired) electrons. The van der Waals surface area contributed by atoms with Crippen LogP contribution in [0.2, 0.25) is 0 Å². The number of nitrogens with two attached hydrogens (primary N) is 1. The molecule has 1 aromatic carbocycles. The molecule has 0 amide bonds. The summed E-state index contributed by atoms with van der Waals surface area (Å²) in [7, 11) is 0. The van der Waals surface area contributed by atoms with Gasteiger partial charge in [0, 0.05) is 24.6 Å². The van der Waals surface area contributed by atoms with E-state index in [0.29, 0.717) is 6.07 Å². The monoisotopic (exact) mass is 456 g/mol. The molecule has 0 unspecified atom stereocenters. The van der Waals surface area contributed by atoms with E-state index < -0.39 is 71.2 Å². The van der Waals surface area contributed by atoms with Gasteiger partial charge in [-0.3, -0.25) is 9.78 Å². The lowest BCUT2D eigenvalue weighted by atomic mass is 9.84. The van der Waals surface area contributed by atoms with Gasteiger partial charge in [0.05, 0.1) is 12.1 Å². The summed E-state index contributed by atoms with van der Waals surface area (Å²) in [6.45, 7) is 7.92. The molecule has 0 saturated carbocycles. The van der Waals surface area contributed by atoms with Gasteiger partial charge in [-0.2, -0.15) is 13.2 Å². The zero-order chi connectivity index (χ0) is 23.8.